The average Bonchev–Trinajstić information content (AvgIpc) is 2.75. The lowest BCUT2D eigenvalue weighted by Crippen LogP contribution is -2.28. The second-order valence-electron chi connectivity index (χ2n) is 7.75. The maximum Gasteiger partial charge on any atom is 0.319 e. The third kappa shape index (κ3) is 6.27. The standard InChI is InChI=1S/C26H29BrClN3O/c1-4-6-7-18-9-8-17(3)22(14-18)21-12-11-20(16-23(21)28)30-24-13-10-19(27)15-25(24)31-26(32)29-5-2/h8-16,30H,4-7H2,1-3H3,(H2,29,31,32). The van der Waals surface area contributed by atoms with Gasteiger partial charge in [-0.2, -0.15) is 0 Å². The van der Waals surface area contributed by atoms with Crippen LogP contribution in [0.2, 0.25) is 5.02 Å². The number of nitrogens with one attached hydrogen (secondary N) is 3. The number of carbonyl (C=O) groups is 1. The fourth-order valence-corrected chi connectivity index (χ4v) is 4.16. The number of hydrogen-bond acceptors (Lipinski definition) is 2. The Balaban J connectivity index is 1.86. The first kappa shape index (κ1) is 24.1. The van der Waals surface area contributed by atoms with Gasteiger partial charge in [-0.25, -0.2) is 4.79 Å². The smallest absolute Gasteiger partial charge is 0.319 e. The summed E-state index contributed by atoms with van der Waals surface area (Å²) >= 11 is 10.2. The minimum atomic E-state index is -0.250. The summed E-state index contributed by atoms with van der Waals surface area (Å²) in [7, 11) is 0. The van der Waals surface area contributed by atoms with Gasteiger partial charge in [0.25, 0.3) is 0 Å². The summed E-state index contributed by atoms with van der Waals surface area (Å²) in [6.45, 7) is 6.76. The second kappa shape index (κ2) is 11.4. The number of rotatable bonds is 8. The first-order valence-corrected chi connectivity index (χ1v) is 12.1. The minimum Gasteiger partial charge on any atom is -0.354 e. The fraction of sp³-hybridized carbons (Fsp3) is 0.269. The molecule has 0 bridgehead atoms. The number of urea groups is 1. The zero-order valence-electron chi connectivity index (χ0n) is 18.7. The monoisotopic (exact) mass is 513 g/mol. The van der Waals surface area contributed by atoms with Crippen LogP contribution in [0.4, 0.5) is 21.9 Å². The van der Waals surface area contributed by atoms with E-state index in [4.69, 9.17) is 11.6 Å². The predicted octanol–water partition coefficient (Wildman–Crippen LogP) is 8.31. The van der Waals surface area contributed by atoms with E-state index in [1.807, 2.05) is 43.3 Å². The molecule has 0 heterocycles. The molecule has 0 saturated heterocycles. The van der Waals surface area contributed by atoms with Gasteiger partial charge in [-0.05, 0) is 73.7 Å². The van der Waals surface area contributed by atoms with Crippen molar-refractivity contribution in [2.75, 3.05) is 17.2 Å². The number of carbonyl (C=O) groups excluding carboxylic acids is 1. The SMILES string of the molecule is CCCCc1ccc(C)c(-c2ccc(Nc3ccc(Br)cc3NC(=O)NCC)cc2Cl)c1. The number of unbranched alkanes of at least 4 members (excludes halogenated alkanes) is 1. The summed E-state index contributed by atoms with van der Waals surface area (Å²) in [5.41, 5.74) is 7.02. The van der Waals surface area contributed by atoms with Crippen LogP contribution in [-0.4, -0.2) is 12.6 Å². The molecule has 0 aliphatic rings. The molecule has 4 nitrogen and oxygen atoms in total. The second-order valence-corrected chi connectivity index (χ2v) is 9.07. The molecular formula is C26H29BrClN3O. The number of amides is 2. The van der Waals surface area contributed by atoms with Crippen molar-refractivity contribution in [3.05, 3.63) is 75.2 Å². The van der Waals surface area contributed by atoms with E-state index in [2.05, 4.69) is 63.9 Å². The van der Waals surface area contributed by atoms with Gasteiger partial charge in [0.05, 0.1) is 16.4 Å². The van der Waals surface area contributed by atoms with E-state index in [0.717, 1.165) is 33.4 Å². The molecule has 3 aromatic carbocycles. The molecule has 0 aliphatic carbocycles. The van der Waals surface area contributed by atoms with Crippen molar-refractivity contribution >= 4 is 50.6 Å². The van der Waals surface area contributed by atoms with Crippen molar-refractivity contribution in [3.8, 4) is 11.1 Å². The van der Waals surface area contributed by atoms with E-state index >= 15 is 0 Å². The Labute approximate surface area is 203 Å². The van der Waals surface area contributed by atoms with Gasteiger partial charge >= 0.3 is 6.03 Å². The van der Waals surface area contributed by atoms with Crippen molar-refractivity contribution in [2.45, 2.75) is 40.0 Å². The first-order valence-electron chi connectivity index (χ1n) is 10.9. The molecule has 0 fully saturated rings. The molecule has 0 radical (unpaired) electrons. The molecule has 3 rings (SSSR count). The van der Waals surface area contributed by atoms with Gasteiger partial charge in [-0.3, -0.25) is 0 Å². The highest BCUT2D eigenvalue weighted by atomic mass is 79.9. The van der Waals surface area contributed by atoms with Crippen LogP contribution in [0.3, 0.4) is 0 Å². The van der Waals surface area contributed by atoms with Crippen LogP contribution in [0, 0.1) is 6.92 Å². The lowest BCUT2D eigenvalue weighted by Gasteiger charge is -2.16. The average molecular weight is 515 g/mol. The quantitative estimate of drug-likeness (QED) is 0.283. The zero-order chi connectivity index (χ0) is 23.1. The van der Waals surface area contributed by atoms with Crippen molar-refractivity contribution in [1.82, 2.24) is 5.32 Å². The molecular weight excluding hydrogens is 486 g/mol. The van der Waals surface area contributed by atoms with Gasteiger partial charge in [0.1, 0.15) is 0 Å². The zero-order valence-corrected chi connectivity index (χ0v) is 21.0. The highest BCUT2D eigenvalue weighted by molar-refractivity contribution is 9.10. The van der Waals surface area contributed by atoms with Crippen molar-refractivity contribution in [1.29, 1.82) is 0 Å². The Bertz CT molecular complexity index is 1100. The molecule has 0 atom stereocenters. The maximum atomic E-state index is 12.0. The van der Waals surface area contributed by atoms with E-state index < -0.39 is 0 Å². The molecule has 0 saturated carbocycles. The lowest BCUT2D eigenvalue weighted by molar-refractivity contribution is 0.252. The normalized spacial score (nSPS) is 10.7. The van der Waals surface area contributed by atoms with Crippen molar-refractivity contribution in [3.63, 3.8) is 0 Å². The van der Waals surface area contributed by atoms with Crippen LogP contribution in [0.5, 0.6) is 0 Å². The van der Waals surface area contributed by atoms with Crippen molar-refractivity contribution in [2.24, 2.45) is 0 Å². The largest absolute Gasteiger partial charge is 0.354 e. The highest BCUT2D eigenvalue weighted by Gasteiger charge is 2.11. The number of aryl methyl sites for hydroxylation is 2. The molecule has 168 valence electrons. The molecule has 32 heavy (non-hydrogen) atoms. The summed E-state index contributed by atoms with van der Waals surface area (Å²) in [6, 6.07) is 18.1. The topological polar surface area (TPSA) is 53.2 Å². The summed E-state index contributed by atoms with van der Waals surface area (Å²) < 4.78 is 0.877. The van der Waals surface area contributed by atoms with Gasteiger partial charge in [0.15, 0.2) is 0 Å². The van der Waals surface area contributed by atoms with E-state index in [9.17, 15) is 4.79 Å². The molecule has 0 spiro atoms. The van der Waals surface area contributed by atoms with Gasteiger partial charge in [0.2, 0.25) is 0 Å². The van der Waals surface area contributed by atoms with Crippen molar-refractivity contribution < 1.29 is 4.79 Å². The Morgan fingerprint density at radius 1 is 0.969 bits per heavy atom. The predicted molar refractivity (Wildman–Crippen MR) is 140 cm³/mol. The van der Waals surface area contributed by atoms with Crippen LogP contribution < -0.4 is 16.0 Å². The summed E-state index contributed by atoms with van der Waals surface area (Å²) in [4.78, 5) is 12.0. The summed E-state index contributed by atoms with van der Waals surface area (Å²) in [6.07, 6.45) is 3.43. The number of anilines is 3. The molecule has 0 unspecified atom stereocenters. The maximum absolute atomic E-state index is 12.0. The Morgan fingerprint density at radius 3 is 2.50 bits per heavy atom. The van der Waals surface area contributed by atoms with Crippen LogP contribution in [0.15, 0.2) is 59.1 Å². The molecule has 3 N–H and O–H groups in total. The number of hydrogen-bond donors (Lipinski definition) is 3. The molecule has 0 aromatic heterocycles. The van der Waals surface area contributed by atoms with E-state index in [0.29, 0.717) is 17.3 Å². The summed E-state index contributed by atoms with van der Waals surface area (Å²) in [5.74, 6) is 0. The fourth-order valence-electron chi connectivity index (χ4n) is 3.52. The van der Waals surface area contributed by atoms with Crippen LogP contribution in [-0.2, 0) is 6.42 Å². The Kier molecular flexibility index (Phi) is 8.60. The van der Waals surface area contributed by atoms with Gasteiger partial charge in [0, 0.05) is 22.3 Å². The third-order valence-corrected chi connectivity index (χ3v) is 6.03. The van der Waals surface area contributed by atoms with E-state index in [1.54, 1.807) is 0 Å². The van der Waals surface area contributed by atoms with Gasteiger partial charge in [-0.15, -0.1) is 0 Å². The highest BCUT2D eigenvalue weighted by Crippen LogP contribution is 2.35. The minimum absolute atomic E-state index is 0.250. The van der Waals surface area contributed by atoms with E-state index in [-0.39, 0.29) is 6.03 Å². The first-order chi connectivity index (χ1) is 15.4. The van der Waals surface area contributed by atoms with Gasteiger partial charge < -0.3 is 16.0 Å². The van der Waals surface area contributed by atoms with E-state index in [1.165, 1.54) is 24.0 Å². The molecule has 0 aliphatic heterocycles. The Hall–Kier alpha value is -2.50. The molecule has 6 heteroatoms. The Morgan fingerprint density at radius 2 is 1.78 bits per heavy atom. The van der Waals surface area contributed by atoms with Crippen LogP contribution >= 0.6 is 27.5 Å². The van der Waals surface area contributed by atoms with Crippen LogP contribution in [0.25, 0.3) is 11.1 Å². The lowest BCUT2D eigenvalue weighted by atomic mass is 9.96. The summed E-state index contributed by atoms with van der Waals surface area (Å²) in [5, 5.41) is 9.68. The van der Waals surface area contributed by atoms with Gasteiger partial charge in [-0.1, -0.05) is 65.1 Å². The third-order valence-electron chi connectivity index (χ3n) is 5.23. The molecule has 2 amide bonds. The number of halogens is 2. The molecule has 3 aromatic rings. The van der Waals surface area contributed by atoms with Crippen LogP contribution in [0.1, 0.15) is 37.8 Å². The number of benzene rings is 3.